The highest BCUT2D eigenvalue weighted by atomic mass is 35.5. The lowest BCUT2D eigenvalue weighted by Crippen LogP contribution is -2.42. The molecule has 3 heterocycles. The van der Waals surface area contributed by atoms with Crippen molar-refractivity contribution in [3.8, 4) is 12.3 Å². The van der Waals surface area contributed by atoms with E-state index in [2.05, 4.69) is 22.8 Å². The second kappa shape index (κ2) is 12.9. The molecular weight excluding hydrogens is 540 g/mol. The number of hydrogen-bond acceptors (Lipinski definition) is 9. The van der Waals surface area contributed by atoms with Crippen LogP contribution in [0.3, 0.4) is 0 Å². The standard InChI is InChI=1S/C28H31ClN4O7/c1-3-5-6-10-15-37-27(36)39-21-16-22(33-14-13-19-23(30)31-25(29)32-24(19)33)40-28(21,4-2)17-20(38-26(34)35)18-11-8-7-9-12-18/h2,7-9,11-14,20-22H,3,5-6,10,15-17H2,1H3,(H,34,35)(H2,30,31,32)/t20?,21-,22+,28-/m0/s1. The number of fused-ring (bicyclic) bond motifs is 1. The van der Waals surface area contributed by atoms with E-state index in [0.717, 1.165) is 19.3 Å². The Balaban J connectivity index is 1.65. The quantitative estimate of drug-likeness (QED) is 0.124. The van der Waals surface area contributed by atoms with Gasteiger partial charge in [0.15, 0.2) is 11.7 Å². The Morgan fingerprint density at radius 1 is 1.27 bits per heavy atom. The van der Waals surface area contributed by atoms with Gasteiger partial charge in [-0.05, 0) is 29.7 Å². The van der Waals surface area contributed by atoms with Crippen molar-refractivity contribution in [2.45, 2.75) is 69.5 Å². The topological polar surface area (TPSA) is 148 Å². The van der Waals surface area contributed by atoms with Crippen molar-refractivity contribution < 1.29 is 33.6 Å². The summed E-state index contributed by atoms with van der Waals surface area (Å²) in [6.07, 6.45) is 6.21. The number of rotatable bonds is 11. The van der Waals surface area contributed by atoms with Crippen LogP contribution in [0.25, 0.3) is 11.0 Å². The minimum Gasteiger partial charge on any atom is -0.450 e. The number of carbonyl (C=O) groups is 2. The maximum atomic E-state index is 12.7. The summed E-state index contributed by atoms with van der Waals surface area (Å²) >= 11 is 6.06. The van der Waals surface area contributed by atoms with Crippen molar-refractivity contribution in [3.63, 3.8) is 0 Å². The number of benzene rings is 1. The smallest absolute Gasteiger partial charge is 0.450 e. The summed E-state index contributed by atoms with van der Waals surface area (Å²) in [5.41, 5.74) is 5.39. The first kappa shape index (κ1) is 29.0. The molecule has 1 fully saturated rings. The van der Waals surface area contributed by atoms with E-state index in [1.807, 2.05) is 0 Å². The van der Waals surface area contributed by atoms with Gasteiger partial charge in [-0.3, -0.25) is 0 Å². The summed E-state index contributed by atoms with van der Waals surface area (Å²) in [4.78, 5) is 32.6. The number of nitrogen functional groups attached to an aromatic ring is 1. The van der Waals surface area contributed by atoms with E-state index in [9.17, 15) is 14.7 Å². The van der Waals surface area contributed by atoms with E-state index in [1.165, 1.54) is 0 Å². The Morgan fingerprint density at radius 3 is 2.75 bits per heavy atom. The number of carboxylic acid groups (broad SMARTS) is 1. The van der Waals surface area contributed by atoms with Crippen LogP contribution in [0.2, 0.25) is 5.28 Å². The van der Waals surface area contributed by atoms with Gasteiger partial charge in [0.1, 0.15) is 23.8 Å². The molecule has 1 aliphatic heterocycles. The first-order valence-electron chi connectivity index (χ1n) is 13.0. The third-order valence-electron chi connectivity index (χ3n) is 6.77. The summed E-state index contributed by atoms with van der Waals surface area (Å²) in [7, 11) is 0. The minimum absolute atomic E-state index is 0.0513. The Hall–Kier alpha value is -4.01. The third kappa shape index (κ3) is 6.58. The largest absolute Gasteiger partial charge is 0.508 e. The maximum Gasteiger partial charge on any atom is 0.508 e. The molecule has 212 valence electrons. The highest BCUT2D eigenvalue weighted by Gasteiger charge is 2.53. The molecule has 4 atom stereocenters. The van der Waals surface area contributed by atoms with Gasteiger partial charge in [0.2, 0.25) is 5.28 Å². The molecule has 0 bridgehead atoms. The van der Waals surface area contributed by atoms with Gasteiger partial charge in [0.05, 0.1) is 12.0 Å². The number of aromatic nitrogens is 3. The normalized spacial score (nSPS) is 21.0. The molecule has 0 spiro atoms. The Kier molecular flexibility index (Phi) is 9.34. The number of nitrogens with zero attached hydrogens (tertiary/aromatic N) is 3. The number of terminal acetylenes is 1. The second-order valence-corrected chi connectivity index (χ2v) is 9.77. The lowest BCUT2D eigenvalue weighted by Gasteiger charge is -2.32. The predicted molar refractivity (Wildman–Crippen MR) is 147 cm³/mol. The van der Waals surface area contributed by atoms with Gasteiger partial charge in [-0.25, -0.2) is 14.6 Å². The molecule has 0 aliphatic carbocycles. The predicted octanol–water partition coefficient (Wildman–Crippen LogP) is 5.89. The molecule has 1 aliphatic rings. The number of halogens is 1. The number of ether oxygens (including phenoxy) is 4. The fraction of sp³-hybridized carbons (Fsp3) is 0.429. The molecule has 0 saturated carbocycles. The van der Waals surface area contributed by atoms with Gasteiger partial charge in [-0.15, -0.1) is 6.42 Å². The Morgan fingerprint density at radius 2 is 2.05 bits per heavy atom. The molecule has 3 aromatic rings. The van der Waals surface area contributed by atoms with Gasteiger partial charge < -0.3 is 34.4 Å². The molecule has 1 unspecified atom stereocenters. The lowest BCUT2D eigenvalue weighted by atomic mass is 9.88. The maximum absolute atomic E-state index is 12.7. The average Bonchev–Trinajstić information content (AvgIpc) is 3.50. The monoisotopic (exact) mass is 570 g/mol. The van der Waals surface area contributed by atoms with Gasteiger partial charge >= 0.3 is 12.3 Å². The zero-order valence-corrected chi connectivity index (χ0v) is 22.8. The van der Waals surface area contributed by atoms with Gasteiger partial charge in [-0.1, -0.05) is 62.4 Å². The summed E-state index contributed by atoms with van der Waals surface area (Å²) in [6.45, 7) is 2.29. The molecule has 1 saturated heterocycles. The third-order valence-corrected chi connectivity index (χ3v) is 6.94. The molecule has 4 rings (SSSR count). The molecule has 2 aromatic heterocycles. The average molecular weight is 571 g/mol. The molecule has 1 aromatic carbocycles. The van der Waals surface area contributed by atoms with Crippen molar-refractivity contribution in [1.29, 1.82) is 0 Å². The van der Waals surface area contributed by atoms with E-state index < -0.39 is 36.3 Å². The fourth-order valence-electron chi connectivity index (χ4n) is 4.81. The SMILES string of the molecule is C#C[C@@]1(CC(OC(=O)O)c2ccccc2)O[C@@H](n2ccc3c(N)nc(Cl)nc32)C[C@@H]1OC(=O)OCCCCCC. The molecule has 40 heavy (non-hydrogen) atoms. The molecule has 11 nitrogen and oxygen atoms in total. The zero-order chi connectivity index (χ0) is 28.7. The van der Waals surface area contributed by atoms with Crippen molar-refractivity contribution in [1.82, 2.24) is 14.5 Å². The first-order valence-corrected chi connectivity index (χ1v) is 13.4. The number of carbonyl (C=O) groups excluding carboxylic acids is 1. The molecule has 12 heteroatoms. The van der Waals surface area contributed by atoms with Gasteiger partial charge in [0, 0.05) is 19.0 Å². The minimum atomic E-state index is -1.58. The van der Waals surface area contributed by atoms with Crippen LogP contribution in [-0.2, 0) is 18.9 Å². The van der Waals surface area contributed by atoms with E-state index in [1.54, 1.807) is 47.2 Å². The highest BCUT2D eigenvalue weighted by Crippen LogP contribution is 2.45. The van der Waals surface area contributed by atoms with Crippen LogP contribution in [0, 0.1) is 12.3 Å². The summed E-state index contributed by atoms with van der Waals surface area (Å²) < 4.78 is 24.3. The van der Waals surface area contributed by atoms with Gasteiger partial charge in [0.25, 0.3) is 0 Å². The van der Waals surface area contributed by atoms with E-state index in [4.69, 9.17) is 42.7 Å². The fourth-order valence-corrected chi connectivity index (χ4v) is 4.98. The van der Waals surface area contributed by atoms with Crippen LogP contribution >= 0.6 is 11.6 Å². The van der Waals surface area contributed by atoms with Crippen molar-refractivity contribution in [2.24, 2.45) is 0 Å². The van der Waals surface area contributed by atoms with Crippen LogP contribution < -0.4 is 5.73 Å². The second-order valence-electron chi connectivity index (χ2n) is 9.43. The first-order chi connectivity index (χ1) is 19.3. The van der Waals surface area contributed by atoms with Crippen LogP contribution in [0.15, 0.2) is 42.6 Å². The summed E-state index contributed by atoms with van der Waals surface area (Å²) in [5.74, 6) is 2.82. The Bertz CT molecular complexity index is 1380. The highest BCUT2D eigenvalue weighted by molar-refractivity contribution is 6.28. The van der Waals surface area contributed by atoms with Crippen molar-refractivity contribution in [3.05, 3.63) is 53.4 Å². The summed E-state index contributed by atoms with van der Waals surface area (Å²) in [5, 5.41) is 9.95. The van der Waals surface area contributed by atoms with Gasteiger partial charge in [-0.2, -0.15) is 4.98 Å². The summed E-state index contributed by atoms with van der Waals surface area (Å²) in [6, 6.07) is 10.4. The number of hydrogen-bond donors (Lipinski definition) is 2. The lowest BCUT2D eigenvalue weighted by molar-refractivity contribution is -0.0977. The number of anilines is 1. The molecular formula is C28H31ClN4O7. The van der Waals surface area contributed by atoms with Crippen LogP contribution in [0.5, 0.6) is 0 Å². The molecule has 0 radical (unpaired) electrons. The zero-order valence-electron chi connectivity index (χ0n) is 22.0. The number of nitrogens with two attached hydrogens (primary N) is 1. The van der Waals surface area contributed by atoms with Crippen molar-refractivity contribution >= 4 is 40.8 Å². The number of unbranched alkanes of at least 4 members (excludes halogenated alkanes) is 3. The van der Waals surface area contributed by atoms with Crippen LogP contribution in [0.4, 0.5) is 15.4 Å². The van der Waals surface area contributed by atoms with Crippen LogP contribution in [0.1, 0.15) is 63.3 Å². The van der Waals surface area contributed by atoms with E-state index >= 15 is 0 Å². The molecule has 0 amide bonds. The molecule has 3 N–H and O–H groups in total. The van der Waals surface area contributed by atoms with E-state index in [0.29, 0.717) is 23.0 Å². The Labute approximate surface area is 236 Å². The van der Waals surface area contributed by atoms with Crippen LogP contribution in [-0.4, -0.2) is 50.3 Å². The van der Waals surface area contributed by atoms with Crippen molar-refractivity contribution in [2.75, 3.05) is 12.3 Å². The van der Waals surface area contributed by atoms with E-state index in [-0.39, 0.29) is 30.5 Å².